The molecule has 0 aliphatic rings. The van der Waals surface area contributed by atoms with Crippen LogP contribution >= 0.6 is 0 Å². The van der Waals surface area contributed by atoms with Crippen LogP contribution in [0, 0.1) is 6.33 Å². The fraction of sp³-hybridized carbons (Fsp3) is 0.400. The quantitative estimate of drug-likeness (QED) is 0.639. The normalized spacial score (nSPS) is 13.0. The molecule has 0 spiro atoms. The average Bonchev–Trinajstić information content (AvgIpc) is 2.04. The highest BCUT2D eigenvalue weighted by Gasteiger charge is 2.60. The fourth-order valence-corrected chi connectivity index (χ4v) is 0.507. The van der Waals surface area contributed by atoms with E-state index in [0.29, 0.717) is 0 Å². The number of aromatic nitrogens is 3. The Labute approximate surface area is 68.6 Å². The lowest BCUT2D eigenvalue weighted by molar-refractivity contribution is -0.291. The van der Waals surface area contributed by atoms with E-state index in [1.54, 1.807) is 6.33 Å². The van der Waals surface area contributed by atoms with Crippen molar-refractivity contribution in [2.75, 3.05) is 0 Å². The summed E-state index contributed by atoms with van der Waals surface area (Å²) in [5.41, 5.74) is -1.54. The molecule has 3 nitrogen and oxygen atoms in total. The van der Waals surface area contributed by atoms with Crippen LogP contribution in [-0.4, -0.2) is 21.4 Å². The Morgan fingerprint density at radius 3 is 2.15 bits per heavy atom. The van der Waals surface area contributed by atoms with Crippen molar-refractivity contribution in [1.82, 2.24) is 15.2 Å². The van der Waals surface area contributed by atoms with Gasteiger partial charge in [-0.2, -0.15) is 22.0 Å². The Bertz CT molecular complexity index is 282. The number of halogens is 5. The molecule has 1 rings (SSSR count). The van der Waals surface area contributed by atoms with Crippen molar-refractivity contribution in [3.63, 3.8) is 0 Å². The zero-order chi connectivity index (χ0) is 10.1. The molecule has 8 heteroatoms. The lowest BCUT2D eigenvalue weighted by atomic mass is 10.2. The molecule has 0 unspecified atom stereocenters. The molecule has 1 radical (unpaired) electrons. The third-order valence-electron chi connectivity index (χ3n) is 1.12. The van der Waals surface area contributed by atoms with E-state index >= 15 is 0 Å². The average molecular weight is 198 g/mol. The van der Waals surface area contributed by atoms with Gasteiger partial charge in [0, 0.05) is 0 Å². The molecule has 1 aromatic rings. The standard InChI is InChI=1S/C5HF5N3/c6-4(7,5(8,9)10)3-1-11-2-12-13-3/h1H. The van der Waals surface area contributed by atoms with Gasteiger partial charge in [0.2, 0.25) is 6.33 Å². The van der Waals surface area contributed by atoms with Crippen molar-refractivity contribution < 1.29 is 22.0 Å². The summed E-state index contributed by atoms with van der Waals surface area (Å²) in [7, 11) is 0. The van der Waals surface area contributed by atoms with E-state index in [1.165, 1.54) is 0 Å². The first-order valence-electron chi connectivity index (χ1n) is 2.86. The van der Waals surface area contributed by atoms with Crippen LogP contribution in [0.25, 0.3) is 0 Å². The Hall–Kier alpha value is -1.34. The van der Waals surface area contributed by atoms with Gasteiger partial charge in [-0.1, -0.05) is 0 Å². The molecule has 0 aliphatic heterocycles. The molecule has 0 saturated heterocycles. The van der Waals surface area contributed by atoms with E-state index in [-0.39, 0.29) is 6.20 Å². The van der Waals surface area contributed by atoms with Gasteiger partial charge in [0.15, 0.2) is 5.69 Å². The molecular weight excluding hydrogens is 197 g/mol. The van der Waals surface area contributed by atoms with Crippen molar-refractivity contribution in [3.05, 3.63) is 18.2 Å². The summed E-state index contributed by atoms with van der Waals surface area (Å²) in [6.45, 7) is 0. The second-order valence-corrected chi connectivity index (χ2v) is 2.02. The third kappa shape index (κ3) is 1.70. The van der Waals surface area contributed by atoms with E-state index in [4.69, 9.17) is 0 Å². The maximum absolute atomic E-state index is 12.4. The fourth-order valence-electron chi connectivity index (χ4n) is 0.507. The van der Waals surface area contributed by atoms with Crippen molar-refractivity contribution >= 4 is 0 Å². The lowest BCUT2D eigenvalue weighted by Crippen LogP contribution is -2.34. The van der Waals surface area contributed by atoms with Gasteiger partial charge >= 0.3 is 12.1 Å². The Morgan fingerprint density at radius 1 is 1.15 bits per heavy atom. The summed E-state index contributed by atoms with van der Waals surface area (Å²) in [5.74, 6) is -5.03. The monoisotopic (exact) mass is 198 g/mol. The first-order valence-corrected chi connectivity index (χ1v) is 2.86. The molecule has 0 amide bonds. The zero-order valence-corrected chi connectivity index (χ0v) is 5.81. The zero-order valence-electron chi connectivity index (χ0n) is 5.81. The number of rotatable bonds is 1. The first kappa shape index (κ1) is 9.75. The Balaban J connectivity index is 3.08. The highest BCUT2D eigenvalue weighted by Crippen LogP contribution is 2.42. The summed E-state index contributed by atoms with van der Waals surface area (Å²) < 4.78 is 59.8. The topological polar surface area (TPSA) is 38.7 Å². The minimum Gasteiger partial charge on any atom is -0.230 e. The van der Waals surface area contributed by atoms with E-state index in [1.807, 2.05) is 0 Å². The molecule has 13 heavy (non-hydrogen) atoms. The van der Waals surface area contributed by atoms with Crippen molar-refractivity contribution in [2.45, 2.75) is 12.1 Å². The second kappa shape index (κ2) is 2.86. The van der Waals surface area contributed by atoms with Gasteiger partial charge in [0.25, 0.3) is 0 Å². The summed E-state index contributed by atoms with van der Waals surface area (Å²) in [5, 5.41) is 5.28. The molecule has 1 heterocycles. The van der Waals surface area contributed by atoms with Crippen molar-refractivity contribution in [1.29, 1.82) is 0 Å². The summed E-state index contributed by atoms with van der Waals surface area (Å²) in [6, 6.07) is 0. The van der Waals surface area contributed by atoms with Gasteiger partial charge in [-0.15, -0.1) is 10.2 Å². The number of hydrogen-bond donors (Lipinski definition) is 0. The smallest absolute Gasteiger partial charge is 0.230 e. The van der Waals surface area contributed by atoms with Gasteiger partial charge in [-0.3, -0.25) is 0 Å². The van der Waals surface area contributed by atoms with Crippen LogP contribution in [0.15, 0.2) is 6.20 Å². The maximum Gasteiger partial charge on any atom is 0.459 e. The van der Waals surface area contributed by atoms with Crippen LogP contribution in [-0.2, 0) is 5.92 Å². The molecule has 0 saturated carbocycles. The van der Waals surface area contributed by atoms with Crippen LogP contribution in [0.3, 0.4) is 0 Å². The Morgan fingerprint density at radius 2 is 1.77 bits per heavy atom. The highest BCUT2D eigenvalue weighted by molar-refractivity contribution is 5.04. The highest BCUT2D eigenvalue weighted by atomic mass is 19.4. The van der Waals surface area contributed by atoms with Crippen LogP contribution in [0.4, 0.5) is 22.0 Å². The minimum absolute atomic E-state index is 0.264. The van der Waals surface area contributed by atoms with Crippen molar-refractivity contribution in [2.24, 2.45) is 0 Å². The van der Waals surface area contributed by atoms with Gasteiger partial charge in [0.05, 0.1) is 6.20 Å². The van der Waals surface area contributed by atoms with Gasteiger partial charge < -0.3 is 0 Å². The number of hydrogen-bond acceptors (Lipinski definition) is 3. The predicted molar refractivity (Wildman–Crippen MR) is 28.6 cm³/mol. The van der Waals surface area contributed by atoms with E-state index in [9.17, 15) is 22.0 Å². The molecule has 1 aromatic heterocycles. The summed E-state index contributed by atoms with van der Waals surface area (Å²) in [6.07, 6.45) is -3.68. The third-order valence-corrected chi connectivity index (χ3v) is 1.12. The van der Waals surface area contributed by atoms with E-state index in [0.717, 1.165) is 0 Å². The Kier molecular flexibility index (Phi) is 2.14. The van der Waals surface area contributed by atoms with Crippen LogP contribution < -0.4 is 0 Å². The minimum atomic E-state index is -5.69. The van der Waals surface area contributed by atoms with Crippen LogP contribution in [0.2, 0.25) is 0 Å². The largest absolute Gasteiger partial charge is 0.459 e. The maximum atomic E-state index is 12.4. The molecule has 0 bridgehead atoms. The molecule has 0 aliphatic carbocycles. The predicted octanol–water partition coefficient (Wildman–Crippen LogP) is 1.33. The van der Waals surface area contributed by atoms with Crippen LogP contribution in [0.1, 0.15) is 5.69 Å². The SMILES string of the molecule is FC(F)(F)C(F)(F)c1cn[c]nn1. The van der Waals surface area contributed by atoms with Gasteiger partial charge in [0.1, 0.15) is 0 Å². The summed E-state index contributed by atoms with van der Waals surface area (Å²) in [4.78, 5) is 2.89. The van der Waals surface area contributed by atoms with E-state index in [2.05, 4.69) is 15.2 Å². The molecule has 71 valence electrons. The molecule has 0 aromatic carbocycles. The van der Waals surface area contributed by atoms with Crippen molar-refractivity contribution in [3.8, 4) is 0 Å². The van der Waals surface area contributed by atoms with Gasteiger partial charge in [-0.05, 0) is 0 Å². The van der Waals surface area contributed by atoms with E-state index < -0.39 is 17.8 Å². The molecule has 0 N–H and O–H groups in total. The molecular formula is C5HF5N3. The lowest BCUT2D eigenvalue weighted by Gasteiger charge is -2.17. The number of alkyl halides is 5. The van der Waals surface area contributed by atoms with Gasteiger partial charge in [-0.25, -0.2) is 4.98 Å². The first-order chi connectivity index (χ1) is 5.86. The molecule has 0 atom stereocenters. The van der Waals surface area contributed by atoms with Crippen LogP contribution in [0.5, 0.6) is 0 Å². The summed E-state index contributed by atoms with van der Waals surface area (Å²) >= 11 is 0. The second-order valence-electron chi connectivity index (χ2n) is 2.02. The number of nitrogens with zero attached hydrogens (tertiary/aromatic N) is 3. The molecule has 0 fully saturated rings.